The van der Waals surface area contributed by atoms with Gasteiger partial charge in [0.05, 0.1) is 5.69 Å². The van der Waals surface area contributed by atoms with Crippen LogP contribution in [0.15, 0.2) is 36.5 Å². The molecule has 0 aliphatic carbocycles. The van der Waals surface area contributed by atoms with Crippen molar-refractivity contribution in [3.8, 4) is 5.69 Å². The van der Waals surface area contributed by atoms with Crippen molar-refractivity contribution >= 4 is 5.91 Å². The van der Waals surface area contributed by atoms with Crippen molar-refractivity contribution in [1.82, 2.24) is 15.1 Å². The van der Waals surface area contributed by atoms with Gasteiger partial charge in [-0.2, -0.15) is 18.3 Å². The zero-order chi connectivity index (χ0) is 17.0. The first-order chi connectivity index (χ1) is 10.8. The summed E-state index contributed by atoms with van der Waals surface area (Å²) in [5, 5.41) is 6.19. The summed E-state index contributed by atoms with van der Waals surface area (Å²) < 4.78 is 38.8. The molecule has 0 aliphatic heterocycles. The minimum absolute atomic E-state index is 0.0218. The predicted molar refractivity (Wildman–Crippen MR) is 79.2 cm³/mol. The number of aromatic nitrogens is 2. The molecule has 0 aliphatic rings. The molecule has 0 saturated heterocycles. The Bertz CT molecular complexity index is 679. The van der Waals surface area contributed by atoms with Gasteiger partial charge in [0.2, 0.25) is 0 Å². The average molecular weight is 326 g/mol. The van der Waals surface area contributed by atoms with E-state index in [0.717, 1.165) is 10.7 Å². The Morgan fingerprint density at radius 2 is 2.13 bits per heavy atom. The van der Waals surface area contributed by atoms with Crippen LogP contribution in [0.25, 0.3) is 5.69 Å². The average Bonchev–Trinajstić information content (AvgIpc) is 2.97. The Kier molecular flexibility index (Phi) is 5.05. The first-order valence-corrected chi connectivity index (χ1v) is 7.04. The lowest BCUT2D eigenvalue weighted by Crippen LogP contribution is -2.29. The molecule has 124 valence electrons. The van der Waals surface area contributed by atoms with Crippen LogP contribution in [-0.2, 0) is 6.18 Å². The summed E-state index contributed by atoms with van der Waals surface area (Å²) in [5.74, 6) is -0.310. The highest BCUT2D eigenvalue weighted by molar-refractivity contribution is 5.94. The Labute approximate surface area is 131 Å². The third-order valence-electron chi connectivity index (χ3n) is 3.14. The zero-order valence-corrected chi connectivity index (χ0v) is 12.5. The monoisotopic (exact) mass is 326 g/mol. The van der Waals surface area contributed by atoms with Crippen molar-refractivity contribution in [3.63, 3.8) is 0 Å². The molecule has 1 aromatic carbocycles. The first-order valence-electron chi connectivity index (χ1n) is 7.04. The predicted octanol–water partition coefficient (Wildman–Crippen LogP) is 2.36. The van der Waals surface area contributed by atoms with E-state index in [9.17, 15) is 18.0 Å². The second-order valence-corrected chi connectivity index (χ2v) is 5.22. The van der Waals surface area contributed by atoms with E-state index in [4.69, 9.17) is 5.73 Å². The number of nitrogens with zero attached hydrogens (tertiary/aromatic N) is 2. The van der Waals surface area contributed by atoms with Gasteiger partial charge in [-0.05, 0) is 37.6 Å². The molecule has 1 atom stereocenters. The van der Waals surface area contributed by atoms with Crippen LogP contribution in [0.3, 0.4) is 0 Å². The summed E-state index contributed by atoms with van der Waals surface area (Å²) in [6.07, 6.45) is -2.66. The Morgan fingerprint density at radius 1 is 1.39 bits per heavy atom. The van der Waals surface area contributed by atoms with E-state index in [0.29, 0.717) is 24.2 Å². The van der Waals surface area contributed by atoms with Crippen molar-refractivity contribution in [2.24, 2.45) is 5.73 Å². The van der Waals surface area contributed by atoms with E-state index >= 15 is 0 Å². The van der Waals surface area contributed by atoms with Crippen LogP contribution in [0.4, 0.5) is 13.2 Å². The largest absolute Gasteiger partial charge is 0.435 e. The highest BCUT2D eigenvalue weighted by Gasteiger charge is 2.33. The van der Waals surface area contributed by atoms with Crippen LogP contribution in [0.2, 0.25) is 0 Å². The minimum Gasteiger partial charge on any atom is -0.352 e. The summed E-state index contributed by atoms with van der Waals surface area (Å²) in [7, 11) is 0. The number of hydrogen-bond donors (Lipinski definition) is 2. The molecule has 0 bridgehead atoms. The number of benzene rings is 1. The standard InChI is InChI=1S/C15H17F3N4O/c1-10(19)5-7-20-14(23)11-3-2-4-12(9-11)22-8-6-13(21-22)15(16,17)18/h2-4,6,8-10H,5,7,19H2,1H3,(H,20,23). The van der Waals surface area contributed by atoms with Crippen LogP contribution < -0.4 is 11.1 Å². The molecular formula is C15H17F3N4O. The molecule has 0 saturated carbocycles. The van der Waals surface area contributed by atoms with E-state index < -0.39 is 11.9 Å². The fourth-order valence-corrected chi connectivity index (χ4v) is 1.92. The zero-order valence-electron chi connectivity index (χ0n) is 12.5. The molecular weight excluding hydrogens is 309 g/mol. The maximum absolute atomic E-state index is 12.6. The van der Waals surface area contributed by atoms with Crippen LogP contribution >= 0.6 is 0 Å². The van der Waals surface area contributed by atoms with Gasteiger partial charge in [-0.15, -0.1) is 0 Å². The van der Waals surface area contributed by atoms with E-state index in [2.05, 4.69) is 10.4 Å². The fraction of sp³-hybridized carbons (Fsp3) is 0.333. The number of alkyl halides is 3. The van der Waals surface area contributed by atoms with Crippen LogP contribution in [0.5, 0.6) is 0 Å². The highest BCUT2D eigenvalue weighted by Crippen LogP contribution is 2.27. The lowest BCUT2D eigenvalue weighted by atomic mass is 10.2. The number of amides is 1. The number of nitrogens with one attached hydrogen (secondary N) is 1. The third-order valence-corrected chi connectivity index (χ3v) is 3.14. The molecule has 1 heterocycles. The summed E-state index contributed by atoms with van der Waals surface area (Å²) in [5.41, 5.74) is 5.34. The van der Waals surface area contributed by atoms with Crippen molar-refractivity contribution in [2.45, 2.75) is 25.6 Å². The second kappa shape index (κ2) is 6.82. The highest BCUT2D eigenvalue weighted by atomic mass is 19.4. The number of nitrogens with two attached hydrogens (primary N) is 1. The molecule has 1 amide bonds. The Balaban J connectivity index is 2.13. The third kappa shape index (κ3) is 4.56. The maximum atomic E-state index is 12.6. The molecule has 1 aromatic heterocycles. The molecule has 0 radical (unpaired) electrons. The van der Waals surface area contributed by atoms with Gasteiger partial charge in [-0.25, -0.2) is 4.68 Å². The molecule has 2 rings (SSSR count). The van der Waals surface area contributed by atoms with Crippen molar-refractivity contribution in [3.05, 3.63) is 47.8 Å². The van der Waals surface area contributed by atoms with Gasteiger partial charge in [0, 0.05) is 24.3 Å². The molecule has 8 heteroatoms. The van der Waals surface area contributed by atoms with Crippen LogP contribution in [0.1, 0.15) is 29.4 Å². The molecule has 0 spiro atoms. The summed E-state index contributed by atoms with van der Waals surface area (Å²) in [6, 6.07) is 7.09. The molecule has 0 fully saturated rings. The smallest absolute Gasteiger partial charge is 0.352 e. The van der Waals surface area contributed by atoms with Gasteiger partial charge in [-0.1, -0.05) is 6.07 Å². The Morgan fingerprint density at radius 3 is 2.74 bits per heavy atom. The van der Waals surface area contributed by atoms with Gasteiger partial charge in [0.25, 0.3) is 5.91 Å². The summed E-state index contributed by atoms with van der Waals surface area (Å²) >= 11 is 0. The molecule has 1 unspecified atom stereocenters. The quantitative estimate of drug-likeness (QED) is 0.886. The van der Waals surface area contributed by atoms with Crippen molar-refractivity contribution in [2.75, 3.05) is 6.54 Å². The number of carbonyl (C=O) groups excluding carboxylic acids is 1. The number of rotatable bonds is 5. The van der Waals surface area contributed by atoms with Crippen molar-refractivity contribution in [1.29, 1.82) is 0 Å². The van der Waals surface area contributed by atoms with Crippen LogP contribution in [-0.4, -0.2) is 28.3 Å². The van der Waals surface area contributed by atoms with Crippen molar-refractivity contribution < 1.29 is 18.0 Å². The van der Waals surface area contributed by atoms with Crippen LogP contribution in [0, 0.1) is 0 Å². The van der Waals surface area contributed by atoms with Gasteiger partial charge in [0.1, 0.15) is 0 Å². The summed E-state index contributed by atoms with van der Waals surface area (Å²) in [6.45, 7) is 2.27. The van der Waals surface area contributed by atoms with E-state index in [1.807, 2.05) is 6.92 Å². The molecule has 2 aromatic rings. The molecule has 23 heavy (non-hydrogen) atoms. The van der Waals surface area contributed by atoms with Gasteiger partial charge in [0.15, 0.2) is 5.69 Å². The second-order valence-electron chi connectivity index (χ2n) is 5.22. The van der Waals surface area contributed by atoms with E-state index in [-0.39, 0.29) is 11.9 Å². The lowest BCUT2D eigenvalue weighted by molar-refractivity contribution is -0.141. The lowest BCUT2D eigenvalue weighted by Gasteiger charge is -2.09. The fourth-order valence-electron chi connectivity index (χ4n) is 1.92. The van der Waals surface area contributed by atoms with E-state index in [1.54, 1.807) is 18.2 Å². The minimum atomic E-state index is -4.50. The topological polar surface area (TPSA) is 72.9 Å². The first kappa shape index (κ1) is 17.0. The SMILES string of the molecule is CC(N)CCNC(=O)c1cccc(-n2ccc(C(F)(F)F)n2)c1. The number of halogens is 3. The van der Waals surface area contributed by atoms with E-state index in [1.165, 1.54) is 12.3 Å². The van der Waals surface area contributed by atoms with Gasteiger partial charge < -0.3 is 11.1 Å². The molecule has 5 nitrogen and oxygen atoms in total. The number of carbonyl (C=O) groups is 1. The maximum Gasteiger partial charge on any atom is 0.435 e. The molecule has 3 N–H and O–H groups in total. The van der Waals surface area contributed by atoms with Gasteiger partial charge >= 0.3 is 6.18 Å². The normalized spacial score (nSPS) is 12.9. The van der Waals surface area contributed by atoms with Gasteiger partial charge in [-0.3, -0.25) is 4.79 Å². The summed E-state index contributed by atoms with van der Waals surface area (Å²) in [4.78, 5) is 12.0. The number of hydrogen-bond acceptors (Lipinski definition) is 3. The Hall–Kier alpha value is -2.35.